The lowest BCUT2D eigenvalue weighted by Gasteiger charge is -2.12. The third-order valence-corrected chi connectivity index (χ3v) is 2.34. The average Bonchev–Trinajstić information content (AvgIpc) is 2.17. The van der Waals surface area contributed by atoms with Gasteiger partial charge in [0.05, 0.1) is 17.3 Å². The highest BCUT2D eigenvalue weighted by molar-refractivity contribution is 6.30. The molecule has 0 spiro atoms. The first-order chi connectivity index (χ1) is 7.13. The van der Waals surface area contributed by atoms with Crippen molar-refractivity contribution in [3.63, 3.8) is 0 Å². The van der Waals surface area contributed by atoms with Crippen LogP contribution in [0.15, 0.2) is 12.3 Å². The predicted octanol–water partition coefficient (Wildman–Crippen LogP) is 3.13. The Balaban J connectivity index is 2.50. The highest BCUT2D eigenvalue weighted by atomic mass is 35.5. The van der Waals surface area contributed by atoms with Gasteiger partial charge in [0, 0.05) is 6.20 Å². The molecular weight excluding hydrogens is 212 g/mol. The number of hydrogen-bond donors (Lipinski definition) is 1. The first-order valence-corrected chi connectivity index (χ1v) is 5.55. The second-order valence-corrected chi connectivity index (χ2v) is 4.19. The first kappa shape index (κ1) is 12.1. The Bertz CT molecular complexity index is 317. The van der Waals surface area contributed by atoms with Crippen LogP contribution in [-0.4, -0.2) is 11.6 Å². The zero-order valence-corrected chi connectivity index (χ0v) is 9.92. The first-order valence-electron chi connectivity index (χ1n) is 5.17. The number of pyridine rings is 1. The minimum absolute atomic E-state index is 0.474. The standard InChI is InChI=1S/C11H17ClN2O/c1-3-4-8(2)7-15-11-10(13)5-9(12)6-14-11/h5-6,8H,3-4,7,13H2,1-2H3. The van der Waals surface area contributed by atoms with E-state index in [9.17, 15) is 0 Å². The van der Waals surface area contributed by atoms with Crippen molar-refractivity contribution in [1.29, 1.82) is 0 Å². The number of anilines is 1. The molecule has 0 saturated heterocycles. The van der Waals surface area contributed by atoms with Crippen LogP contribution in [0.25, 0.3) is 0 Å². The number of halogens is 1. The van der Waals surface area contributed by atoms with E-state index in [0.717, 1.165) is 12.8 Å². The minimum Gasteiger partial charge on any atom is -0.476 e. The summed E-state index contributed by atoms with van der Waals surface area (Å²) in [5.74, 6) is 0.995. The molecule has 84 valence electrons. The van der Waals surface area contributed by atoms with Crippen LogP contribution in [0.4, 0.5) is 5.69 Å². The van der Waals surface area contributed by atoms with E-state index in [1.54, 1.807) is 6.07 Å². The highest BCUT2D eigenvalue weighted by Crippen LogP contribution is 2.22. The van der Waals surface area contributed by atoms with Crippen molar-refractivity contribution in [1.82, 2.24) is 4.98 Å². The maximum absolute atomic E-state index is 5.73. The molecule has 0 bridgehead atoms. The second kappa shape index (κ2) is 5.81. The topological polar surface area (TPSA) is 48.1 Å². The molecule has 0 saturated carbocycles. The molecule has 3 nitrogen and oxygen atoms in total. The molecule has 0 aliphatic carbocycles. The monoisotopic (exact) mass is 228 g/mol. The van der Waals surface area contributed by atoms with Crippen LogP contribution < -0.4 is 10.5 Å². The van der Waals surface area contributed by atoms with E-state index in [2.05, 4.69) is 18.8 Å². The molecule has 4 heteroatoms. The summed E-state index contributed by atoms with van der Waals surface area (Å²) >= 11 is 5.73. The number of ether oxygens (including phenoxy) is 1. The molecule has 2 N–H and O–H groups in total. The lowest BCUT2D eigenvalue weighted by Crippen LogP contribution is -2.10. The van der Waals surface area contributed by atoms with Crippen LogP contribution in [0.3, 0.4) is 0 Å². The Morgan fingerprint density at radius 3 is 2.93 bits per heavy atom. The molecule has 0 amide bonds. The van der Waals surface area contributed by atoms with E-state index in [-0.39, 0.29) is 0 Å². The highest BCUT2D eigenvalue weighted by Gasteiger charge is 2.06. The Morgan fingerprint density at radius 1 is 1.60 bits per heavy atom. The normalized spacial score (nSPS) is 12.5. The van der Waals surface area contributed by atoms with E-state index < -0.39 is 0 Å². The molecule has 1 atom stereocenters. The summed E-state index contributed by atoms with van der Waals surface area (Å²) in [6.07, 6.45) is 3.85. The van der Waals surface area contributed by atoms with Crippen LogP contribution in [0.2, 0.25) is 5.02 Å². The fourth-order valence-electron chi connectivity index (χ4n) is 1.36. The van der Waals surface area contributed by atoms with Crippen LogP contribution in [0.5, 0.6) is 5.88 Å². The maximum Gasteiger partial charge on any atom is 0.237 e. The van der Waals surface area contributed by atoms with Gasteiger partial charge in [0.1, 0.15) is 0 Å². The third-order valence-electron chi connectivity index (χ3n) is 2.13. The Hall–Kier alpha value is -0.960. The van der Waals surface area contributed by atoms with E-state index >= 15 is 0 Å². The summed E-state index contributed by atoms with van der Waals surface area (Å²) in [4.78, 5) is 4.03. The van der Waals surface area contributed by atoms with Crippen molar-refractivity contribution in [3.05, 3.63) is 17.3 Å². The van der Waals surface area contributed by atoms with E-state index in [1.165, 1.54) is 6.20 Å². The quantitative estimate of drug-likeness (QED) is 0.842. The predicted molar refractivity (Wildman–Crippen MR) is 63.2 cm³/mol. The summed E-state index contributed by atoms with van der Waals surface area (Å²) in [6, 6.07) is 1.65. The van der Waals surface area contributed by atoms with Gasteiger partial charge in [-0.05, 0) is 18.4 Å². The molecule has 1 unspecified atom stereocenters. The van der Waals surface area contributed by atoms with Crippen molar-refractivity contribution in [2.45, 2.75) is 26.7 Å². The second-order valence-electron chi connectivity index (χ2n) is 3.75. The van der Waals surface area contributed by atoms with Gasteiger partial charge in [0.15, 0.2) is 0 Å². The molecule has 15 heavy (non-hydrogen) atoms. The molecule has 1 aromatic heterocycles. The maximum atomic E-state index is 5.73. The molecule has 0 aliphatic heterocycles. The molecule has 0 fully saturated rings. The largest absolute Gasteiger partial charge is 0.476 e. The van der Waals surface area contributed by atoms with Crippen LogP contribution in [0.1, 0.15) is 26.7 Å². The van der Waals surface area contributed by atoms with Crippen LogP contribution in [0, 0.1) is 5.92 Å². The summed E-state index contributed by atoms with van der Waals surface area (Å²) in [7, 11) is 0. The van der Waals surface area contributed by atoms with Gasteiger partial charge < -0.3 is 10.5 Å². The number of nitrogen functional groups attached to an aromatic ring is 1. The zero-order chi connectivity index (χ0) is 11.3. The van der Waals surface area contributed by atoms with E-state index in [0.29, 0.717) is 29.1 Å². The van der Waals surface area contributed by atoms with Crippen molar-refractivity contribution in [2.24, 2.45) is 5.92 Å². The zero-order valence-electron chi connectivity index (χ0n) is 9.16. The summed E-state index contributed by atoms with van der Waals surface area (Å²) in [5.41, 5.74) is 6.20. The van der Waals surface area contributed by atoms with Crippen LogP contribution in [-0.2, 0) is 0 Å². The van der Waals surface area contributed by atoms with Gasteiger partial charge in [-0.1, -0.05) is 31.9 Å². The molecular formula is C11H17ClN2O. The van der Waals surface area contributed by atoms with Gasteiger partial charge in [-0.15, -0.1) is 0 Å². The van der Waals surface area contributed by atoms with Gasteiger partial charge in [0.25, 0.3) is 0 Å². The fourth-order valence-corrected chi connectivity index (χ4v) is 1.53. The number of nitrogens with two attached hydrogens (primary N) is 1. The van der Waals surface area contributed by atoms with Gasteiger partial charge in [-0.25, -0.2) is 4.98 Å². The molecule has 1 aromatic rings. The number of hydrogen-bond acceptors (Lipinski definition) is 3. The molecule has 0 aromatic carbocycles. The van der Waals surface area contributed by atoms with Gasteiger partial charge >= 0.3 is 0 Å². The number of nitrogens with zero attached hydrogens (tertiary/aromatic N) is 1. The number of aromatic nitrogens is 1. The molecule has 1 heterocycles. The molecule has 1 rings (SSSR count). The Labute approximate surface area is 95.6 Å². The Kier molecular flexibility index (Phi) is 4.69. The van der Waals surface area contributed by atoms with Crippen molar-refractivity contribution >= 4 is 17.3 Å². The van der Waals surface area contributed by atoms with Gasteiger partial charge in [0.2, 0.25) is 5.88 Å². The van der Waals surface area contributed by atoms with Crippen molar-refractivity contribution in [2.75, 3.05) is 12.3 Å². The lowest BCUT2D eigenvalue weighted by molar-refractivity contribution is 0.244. The van der Waals surface area contributed by atoms with Gasteiger partial charge in [-0.3, -0.25) is 0 Å². The van der Waals surface area contributed by atoms with Gasteiger partial charge in [-0.2, -0.15) is 0 Å². The van der Waals surface area contributed by atoms with E-state index in [4.69, 9.17) is 22.1 Å². The Morgan fingerprint density at radius 2 is 2.33 bits per heavy atom. The van der Waals surface area contributed by atoms with Crippen molar-refractivity contribution < 1.29 is 4.74 Å². The summed E-state index contributed by atoms with van der Waals surface area (Å²) in [6.45, 7) is 4.95. The average molecular weight is 229 g/mol. The third kappa shape index (κ3) is 3.96. The van der Waals surface area contributed by atoms with Crippen molar-refractivity contribution in [3.8, 4) is 5.88 Å². The van der Waals surface area contributed by atoms with E-state index in [1.807, 2.05) is 0 Å². The summed E-state index contributed by atoms with van der Waals surface area (Å²) in [5, 5.41) is 0.529. The smallest absolute Gasteiger partial charge is 0.237 e. The van der Waals surface area contributed by atoms with Crippen LogP contribution >= 0.6 is 11.6 Å². The summed E-state index contributed by atoms with van der Waals surface area (Å²) < 4.78 is 5.51. The fraction of sp³-hybridized carbons (Fsp3) is 0.545. The lowest BCUT2D eigenvalue weighted by atomic mass is 10.1. The minimum atomic E-state index is 0.474. The molecule has 0 radical (unpaired) electrons. The SMILES string of the molecule is CCCC(C)COc1ncc(Cl)cc1N. The number of rotatable bonds is 5. The molecule has 0 aliphatic rings.